The maximum atomic E-state index is 12.0. The summed E-state index contributed by atoms with van der Waals surface area (Å²) in [5.74, 6) is -4.14. The lowest BCUT2D eigenvalue weighted by Crippen LogP contribution is -2.65. The van der Waals surface area contributed by atoms with Gasteiger partial charge in [-0.15, -0.1) is 0 Å². The fourth-order valence-corrected chi connectivity index (χ4v) is 4.16. The molecule has 2 unspecified atom stereocenters. The molecule has 1 heterocycles. The summed E-state index contributed by atoms with van der Waals surface area (Å²) in [6.07, 6.45) is 1.51. The fourth-order valence-electron chi connectivity index (χ4n) is 4.16. The Balaban J connectivity index is 2.03. The summed E-state index contributed by atoms with van der Waals surface area (Å²) in [6, 6.07) is 0. The molecule has 0 N–H and O–H groups in total. The van der Waals surface area contributed by atoms with Crippen LogP contribution in [0.2, 0.25) is 0 Å². The molecule has 0 spiro atoms. The molecule has 7 heteroatoms. The van der Waals surface area contributed by atoms with Gasteiger partial charge in [0.05, 0.1) is 0 Å². The van der Waals surface area contributed by atoms with Gasteiger partial charge in [0.25, 0.3) is 0 Å². The molecule has 0 amide bonds. The van der Waals surface area contributed by atoms with Gasteiger partial charge in [0.2, 0.25) is 0 Å². The first-order valence-corrected chi connectivity index (χ1v) is 6.94. The maximum absolute atomic E-state index is 12.0. The van der Waals surface area contributed by atoms with E-state index in [0.717, 1.165) is 0 Å². The molecule has 114 valence electrons. The standard InChI is InChI=1S/C14H16O7/c1-7(15)20-13-3-5-14(6-4-13,21-8(2)16)10-9(13)11(17)19-12(10)18/h9-10H,3-6H2,1-2H3. The topological polar surface area (TPSA) is 96.0 Å². The zero-order valence-corrected chi connectivity index (χ0v) is 11.8. The zero-order chi connectivity index (χ0) is 15.4. The van der Waals surface area contributed by atoms with Crippen molar-refractivity contribution >= 4 is 23.9 Å². The Hall–Kier alpha value is -1.92. The molecule has 7 nitrogen and oxygen atoms in total. The molecule has 21 heavy (non-hydrogen) atoms. The lowest BCUT2D eigenvalue weighted by Gasteiger charge is -2.55. The van der Waals surface area contributed by atoms with Crippen LogP contribution in [-0.2, 0) is 33.4 Å². The van der Waals surface area contributed by atoms with E-state index in [4.69, 9.17) is 14.2 Å². The summed E-state index contributed by atoms with van der Waals surface area (Å²) in [5, 5.41) is 0. The average Bonchev–Trinajstić information content (AvgIpc) is 2.68. The molecule has 2 atom stereocenters. The van der Waals surface area contributed by atoms with Gasteiger partial charge in [0, 0.05) is 13.8 Å². The quantitative estimate of drug-likeness (QED) is 0.415. The number of hydrogen-bond donors (Lipinski definition) is 0. The van der Waals surface area contributed by atoms with E-state index in [0.29, 0.717) is 25.7 Å². The van der Waals surface area contributed by atoms with Gasteiger partial charge in [-0.2, -0.15) is 0 Å². The lowest BCUT2D eigenvalue weighted by molar-refractivity contribution is -0.229. The van der Waals surface area contributed by atoms with Crippen molar-refractivity contribution < 1.29 is 33.4 Å². The molecule has 0 radical (unpaired) electrons. The number of esters is 4. The minimum Gasteiger partial charge on any atom is -0.458 e. The van der Waals surface area contributed by atoms with Gasteiger partial charge in [-0.3, -0.25) is 19.2 Å². The monoisotopic (exact) mass is 296 g/mol. The van der Waals surface area contributed by atoms with Gasteiger partial charge >= 0.3 is 23.9 Å². The second-order valence-corrected chi connectivity index (χ2v) is 6.01. The van der Waals surface area contributed by atoms with Crippen LogP contribution in [0.5, 0.6) is 0 Å². The minimum atomic E-state index is -1.01. The zero-order valence-electron chi connectivity index (χ0n) is 11.8. The van der Waals surface area contributed by atoms with E-state index in [9.17, 15) is 19.2 Å². The maximum Gasteiger partial charge on any atom is 0.321 e. The Morgan fingerprint density at radius 2 is 1.24 bits per heavy atom. The van der Waals surface area contributed by atoms with Crippen LogP contribution in [0.15, 0.2) is 0 Å². The van der Waals surface area contributed by atoms with E-state index in [-0.39, 0.29) is 0 Å². The molecule has 0 aromatic heterocycles. The molecule has 4 aliphatic rings. The summed E-state index contributed by atoms with van der Waals surface area (Å²) in [7, 11) is 0. The number of carbonyl (C=O) groups excluding carboxylic acids is 4. The van der Waals surface area contributed by atoms with Crippen LogP contribution in [0.3, 0.4) is 0 Å². The number of rotatable bonds is 2. The summed E-state index contributed by atoms with van der Waals surface area (Å²) < 4.78 is 15.6. The first-order valence-electron chi connectivity index (χ1n) is 6.94. The van der Waals surface area contributed by atoms with Crippen LogP contribution < -0.4 is 0 Å². The normalized spacial score (nSPS) is 40.5. The van der Waals surface area contributed by atoms with Gasteiger partial charge < -0.3 is 14.2 Å². The summed E-state index contributed by atoms with van der Waals surface area (Å²) >= 11 is 0. The molecule has 3 aliphatic carbocycles. The van der Waals surface area contributed by atoms with Crippen molar-refractivity contribution in [3.8, 4) is 0 Å². The van der Waals surface area contributed by atoms with Crippen LogP contribution in [0, 0.1) is 11.8 Å². The Morgan fingerprint density at radius 1 is 0.905 bits per heavy atom. The van der Waals surface area contributed by atoms with Crippen LogP contribution in [0.4, 0.5) is 0 Å². The molecular weight excluding hydrogens is 280 g/mol. The largest absolute Gasteiger partial charge is 0.458 e. The van der Waals surface area contributed by atoms with E-state index in [1.807, 2.05) is 0 Å². The predicted molar refractivity (Wildman–Crippen MR) is 65.5 cm³/mol. The highest BCUT2D eigenvalue weighted by Gasteiger charge is 2.72. The van der Waals surface area contributed by atoms with E-state index < -0.39 is 46.9 Å². The highest BCUT2D eigenvalue weighted by atomic mass is 16.6. The van der Waals surface area contributed by atoms with Gasteiger partial charge in [-0.25, -0.2) is 0 Å². The van der Waals surface area contributed by atoms with Crippen molar-refractivity contribution in [3.05, 3.63) is 0 Å². The number of carbonyl (C=O) groups is 4. The van der Waals surface area contributed by atoms with Gasteiger partial charge in [0.1, 0.15) is 23.0 Å². The number of hydrogen-bond acceptors (Lipinski definition) is 7. The summed E-state index contributed by atoms with van der Waals surface area (Å²) in [6.45, 7) is 2.54. The Morgan fingerprint density at radius 3 is 1.52 bits per heavy atom. The molecule has 4 fully saturated rings. The second-order valence-electron chi connectivity index (χ2n) is 6.01. The molecule has 3 saturated carbocycles. The third kappa shape index (κ3) is 1.86. The van der Waals surface area contributed by atoms with Crippen LogP contribution in [0.1, 0.15) is 39.5 Å². The third-order valence-corrected chi connectivity index (χ3v) is 4.81. The van der Waals surface area contributed by atoms with Crippen LogP contribution in [-0.4, -0.2) is 35.1 Å². The predicted octanol–water partition coefficient (Wildman–Crippen LogP) is 0.494. The average molecular weight is 296 g/mol. The highest BCUT2D eigenvalue weighted by Crippen LogP contribution is 2.59. The van der Waals surface area contributed by atoms with Crippen molar-refractivity contribution in [1.29, 1.82) is 0 Å². The van der Waals surface area contributed by atoms with Crippen molar-refractivity contribution in [3.63, 3.8) is 0 Å². The number of ether oxygens (including phenoxy) is 3. The van der Waals surface area contributed by atoms with Crippen LogP contribution in [0.25, 0.3) is 0 Å². The number of fused-ring (bicyclic) bond motifs is 2. The van der Waals surface area contributed by atoms with Crippen molar-refractivity contribution in [1.82, 2.24) is 0 Å². The Labute approximate surface area is 120 Å². The molecule has 4 rings (SSSR count). The fraction of sp³-hybridized carbons (Fsp3) is 0.714. The van der Waals surface area contributed by atoms with Crippen LogP contribution >= 0.6 is 0 Å². The molecule has 0 aromatic carbocycles. The van der Waals surface area contributed by atoms with E-state index in [1.165, 1.54) is 13.8 Å². The van der Waals surface area contributed by atoms with Gasteiger partial charge in [0.15, 0.2) is 0 Å². The second kappa shape index (κ2) is 4.29. The first kappa shape index (κ1) is 14.0. The third-order valence-electron chi connectivity index (χ3n) is 4.81. The summed E-state index contributed by atoms with van der Waals surface area (Å²) in [4.78, 5) is 46.9. The van der Waals surface area contributed by atoms with Crippen molar-refractivity contribution in [2.24, 2.45) is 11.8 Å². The Bertz CT molecular complexity index is 494. The smallest absolute Gasteiger partial charge is 0.321 e. The van der Waals surface area contributed by atoms with Crippen molar-refractivity contribution in [2.75, 3.05) is 0 Å². The minimum absolute atomic E-state index is 0.378. The van der Waals surface area contributed by atoms with Crippen molar-refractivity contribution in [2.45, 2.75) is 50.7 Å². The SMILES string of the molecule is CC(=O)OC12CCC(OC(C)=O)(CC1)C1C(=O)OC(=O)C12. The number of cyclic esters (lactones) is 2. The van der Waals surface area contributed by atoms with E-state index in [2.05, 4.69) is 0 Å². The van der Waals surface area contributed by atoms with E-state index >= 15 is 0 Å². The molecule has 1 aliphatic heterocycles. The molecule has 0 aromatic rings. The van der Waals surface area contributed by atoms with Gasteiger partial charge in [-0.05, 0) is 25.7 Å². The lowest BCUT2D eigenvalue weighted by atomic mass is 9.54. The molecule has 2 bridgehead atoms. The van der Waals surface area contributed by atoms with E-state index in [1.54, 1.807) is 0 Å². The first-order chi connectivity index (χ1) is 9.80. The molecule has 1 saturated heterocycles. The summed E-state index contributed by atoms with van der Waals surface area (Å²) in [5.41, 5.74) is -2.02. The van der Waals surface area contributed by atoms with Gasteiger partial charge in [-0.1, -0.05) is 0 Å². The Kier molecular flexibility index (Phi) is 2.86. The highest BCUT2D eigenvalue weighted by molar-refractivity contribution is 5.99. The molecular formula is C14H16O7.